The zero-order valence-corrected chi connectivity index (χ0v) is 7.09. The molecule has 0 aliphatic carbocycles. The Labute approximate surface area is 68.6 Å². The van der Waals surface area contributed by atoms with Gasteiger partial charge in [-0.2, -0.15) is 0 Å². The molecule has 3 heteroatoms. The van der Waals surface area contributed by atoms with Crippen molar-refractivity contribution in [1.29, 1.82) is 0 Å². The van der Waals surface area contributed by atoms with Crippen LogP contribution in [0.1, 0.15) is 21.7 Å². The third kappa shape index (κ3) is 2.50. The minimum absolute atomic E-state index is 0. The molecular weight excluding hydrogens is 142 g/mol. The van der Waals surface area contributed by atoms with E-state index < -0.39 is 0 Å². The number of ether oxygens (including phenoxy) is 1. The first-order valence-electron chi connectivity index (χ1n) is 4.08. The normalized spacial score (nSPS) is 24.1. The largest absolute Gasteiger partial charge is 0.379 e. The summed E-state index contributed by atoms with van der Waals surface area (Å²) in [4.78, 5) is 11.1. The molecule has 1 N–H and O–H groups in total. The molecule has 1 aliphatic heterocycles. The van der Waals surface area contributed by atoms with Crippen LogP contribution in [0, 0.1) is 5.92 Å². The van der Waals surface area contributed by atoms with Crippen LogP contribution in [0.15, 0.2) is 0 Å². The molecule has 1 saturated heterocycles. The number of nitrogens with one attached hydrogen (secondary N) is 1. The highest BCUT2D eigenvalue weighted by molar-refractivity contribution is 5.78. The third-order valence-electron chi connectivity index (χ3n) is 1.80. The van der Waals surface area contributed by atoms with Crippen molar-refractivity contribution in [3.05, 3.63) is 0 Å². The zero-order chi connectivity index (χ0) is 8.27. The Hall–Kier alpha value is -0.570. The Kier molecular flexibility index (Phi) is 2.88. The summed E-state index contributed by atoms with van der Waals surface area (Å²) in [6, 6.07) is 0.255. The Balaban J connectivity index is 0.00000121. The second-order valence-corrected chi connectivity index (χ2v) is 3.22. The molecule has 0 radical (unpaired) electrons. The van der Waals surface area contributed by atoms with Crippen LogP contribution >= 0.6 is 0 Å². The quantitative estimate of drug-likeness (QED) is 0.647. The highest BCUT2D eigenvalue weighted by atomic mass is 16.5. The van der Waals surface area contributed by atoms with Gasteiger partial charge in [-0.3, -0.25) is 4.79 Å². The van der Waals surface area contributed by atoms with E-state index in [-0.39, 0.29) is 19.3 Å². The number of carbonyl (C=O) groups is 1. The van der Waals surface area contributed by atoms with Gasteiger partial charge in [-0.15, -0.1) is 0 Å². The van der Waals surface area contributed by atoms with Crippen molar-refractivity contribution in [3.63, 3.8) is 0 Å². The number of rotatable bonds is 2. The predicted molar refractivity (Wildman–Crippen MR) is 44.3 cm³/mol. The van der Waals surface area contributed by atoms with Gasteiger partial charge in [-0.25, -0.2) is 0 Å². The second kappa shape index (κ2) is 3.72. The fourth-order valence-corrected chi connectivity index (χ4v) is 1.02. The average molecular weight is 159 g/mol. The SMILES string of the molecule is CC(C)C(=O)NC1CCOC1.[HH]. The highest BCUT2D eigenvalue weighted by Crippen LogP contribution is 2.04. The van der Waals surface area contributed by atoms with Crippen LogP contribution in [0.2, 0.25) is 0 Å². The molecule has 0 spiro atoms. The Morgan fingerprint density at radius 3 is 2.91 bits per heavy atom. The number of hydrogen-bond donors (Lipinski definition) is 1. The summed E-state index contributed by atoms with van der Waals surface area (Å²) in [5.74, 6) is 0.205. The lowest BCUT2D eigenvalue weighted by Gasteiger charge is -2.11. The van der Waals surface area contributed by atoms with Crippen LogP contribution in [-0.2, 0) is 9.53 Å². The topological polar surface area (TPSA) is 38.3 Å². The van der Waals surface area contributed by atoms with E-state index in [0.29, 0.717) is 6.61 Å². The van der Waals surface area contributed by atoms with Gasteiger partial charge in [0.05, 0.1) is 12.6 Å². The van der Waals surface area contributed by atoms with Crippen molar-refractivity contribution in [2.24, 2.45) is 5.92 Å². The fraction of sp³-hybridized carbons (Fsp3) is 0.875. The van der Waals surface area contributed by atoms with Crippen LogP contribution in [0.5, 0.6) is 0 Å². The maximum Gasteiger partial charge on any atom is 0.222 e. The summed E-state index contributed by atoms with van der Waals surface area (Å²) >= 11 is 0. The summed E-state index contributed by atoms with van der Waals surface area (Å²) in [5, 5.41) is 2.91. The maximum absolute atomic E-state index is 11.1. The predicted octanol–water partition coefficient (Wildman–Crippen LogP) is 0.793. The molecule has 0 aromatic carbocycles. The molecule has 0 saturated carbocycles. The first-order chi connectivity index (χ1) is 5.20. The zero-order valence-electron chi connectivity index (χ0n) is 7.09. The van der Waals surface area contributed by atoms with Crippen LogP contribution in [0.25, 0.3) is 0 Å². The standard InChI is InChI=1S/C8H15NO2.H2/c1-6(2)8(10)9-7-3-4-11-5-7;/h6-7H,3-5H2,1-2H3,(H,9,10);1H. The summed E-state index contributed by atoms with van der Waals surface area (Å²) in [6.45, 7) is 5.25. The number of amides is 1. The van der Waals surface area contributed by atoms with Gasteiger partial charge in [0.25, 0.3) is 0 Å². The van der Waals surface area contributed by atoms with Crippen LogP contribution in [0.3, 0.4) is 0 Å². The van der Waals surface area contributed by atoms with E-state index in [2.05, 4.69) is 5.32 Å². The van der Waals surface area contributed by atoms with Gasteiger partial charge in [0, 0.05) is 14.0 Å². The first-order valence-corrected chi connectivity index (χ1v) is 4.08. The lowest BCUT2D eigenvalue weighted by atomic mass is 10.2. The fourth-order valence-electron chi connectivity index (χ4n) is 1.02. The molecule has 1 aliphatic rings. The van der Waals surface area contributed by atoms with Crippen molar-refractivity contribution in [3.8, 4) is 0 Å². The molecule has 3 nitrogen and oxygen atoms in total. The third-order valence-corrected chi connectivity index (χ3v) is 1.80. The maximum atomic E-state index is 11.1. The van der Waals surface area contributed by atoms with Crippen LogP contribution in [-0.4, -0.2) is 25.2 Å². The van der Waals surface area contributed by atoms with E-state index in [1.807, 2.05) is 13.8 Å². The van der Waals surface area contributed by atoms with Crippen molar-refractivity contribution in [2.45, 2.75) is 26.3 Å². The van der Waals surface area contributed by atoms with E-state index >= 15 is 0 Å². The van der Waals surface area contributed by atoms with Crippen molar-refractivity contribution < 1.29 is 11.0 Å². The van der Waals surface area contributed by atoms with Gasteiger partial charge in [-0.1, -0.05) is 13.8 Å². The molecule has 1 unspecified atom stereocenters. The van der Waals surface area contributed by atoms with E-state index in [4.69, 9.17) is 4.74 Å². The van der Waals surface area contributed by atoms with Gasteiger partial charge in [0.2, 0.25) is 5.91 Å². The molecule has 1 rings (SSSR count). The van der Waals surface area contributed by atoms with Gasteiger partial charge >= 0.3 is 0 Å². The summed E-state index contributed by atoms with van der Waals surface area (Å²) in [5.41, 5.74) is 0. The molecule has 0 aromatic rings. The minimum atomic E-state index is 0. The van der Waals surface area contributed by atoms with Crippen molar-refractivity contribution in [1.82, 2.24) is 5.32 Å². The van der Waals surface area contributed by atoms with Gasteiger partial charge in [0.15, 0.2) is 0 Å². The summed E-state index contributed by atoms with van der Waals surface area (Å²) in [7, 11) is 0. The smallest absolute Gasteiger partial charge is 0.222 e. The van der Waals surface area contributed by atoms with Crippen molar-refractivity contribution in [2.75, 3.05) is 13.2 Å². The molecule has 1 atom stereocenters. The molecule has 1 fully saturated rings. The van der Waals surface area contributed by atoms with Crippen LogP contribution in [0.4, 0.5) is 0 Å². The monoisotopic (exact) mass is 159 g/mol. The van der Waals surface area contributed by atoms with E-state index in [9.17, 15) is 4.79 Å². The Morgan fingerprint density at radius 1 is 1.73 bits per heavy atom. The van der Waals surface area contributed by atoms with Gasteiger partial charge < -0.3 is 10.1 Å². The average Bonchev–Trinajstić information content (AvgIpc) is 2.39. The second-order valence-electron chi connectivity index (χ2n) is 3.22. The first kappa shape index (κ1) is 8.53. The number of carbonyl (C=O) groups excluding carboxylic acids is 1. The number of hydrogen-bond acceptors (Lipinski definition) is 2. The van der Waals surface area contributed by atoms with E-state index in [1.165, 1.54) is 0 Å². The van der Waals surface area contributed by atoms with E-state index in [0.717, 1.165) is 13.0 Å². The van der Waals surface area contributed by atoms with E-state index in [1.54, 1.807) is 0 Å². The summed E-state index contributed by atoms with van der Waals surface area (Å²) in [6.07, 6.45) is 0.957. The van der Waals surface area contributed by atoms with Crippen LogP contribution < -0.4 is 5.32 Å². The molecule has 0 bridgehead atoms. The van der Waals surface area contributed by atoms with Gasteiger partial charge in [0.1, 0.15) is 0 Å². The molecular formula is C8H17NO2. The van der Waals surface area contributed by atoms with Crippen molar-refractivity contribution >= 4 is 5.91 Å². The minimum Gasteiger partial charge on any atom is -0.379 e. The Bertz CT molecular complexity index is 144. The Morgan fingerprint density at radius 2 is 2.45 bits per heavy atom. The molecule has 1 heterocycles. The lowest BCUT2D eigenvalue weighted by Crippen LogP contribution is -2.37. The molecule has 1 amide bonds. The highest BCUT2D eigenvalue weighted by Gasteiger charge is 2.18. The van der Waals surface area contributed by atoms with Gasteiger partial charge in [-0.05, 0) is 6.42 Å². The molecule has 0 aromatic heterocycles. The molecule has 66 valence electrons. The molecule has 11 heavy (non-hydrogen) atoms. The lowest BCUT2D eigenvalue weighted by molar-refractivity contribution is -0.124. The summed E-state index contributed by atoms with van der Waals surface area (Å²) < 4.78 is 5.12.